The highest BCUT2D eigenvalue weighted by Crippen LogP contribution is 2.30. The van der Waals surface area contributed by atoms with Gasteiger partial charge in [-0.3, -0.25) is 0 Å². The first-order valence-corrected chi connectivity index (χ1v) is 9.09. The average Bonchev–Trinajstić information content (AvgIpc) is 3.00. The fourth-order valence-corrected chi connectivity index (χ4v) is 4.33. The highest BCUT2D eigenvalue weighted by Gasteiger charge is 2.30. The molecule has 1 fully saturated rings. The van der Waals surface area contributed by atoms with Gasteiger partial charge in [0.1, 0.15) is 16.9 Å². The molecule has 0 spiro atoms. The monoisotopic (exact) mass is 336 g/mol. The SMILES string of the molecule is COc1ccc(C2CCCCN(S(=O)(=O)c3cnoc3)C2)cc1. The smallest absolute Gasteiger partial charge is 0.247 e. The number of aromatic nitrogens is 1. The molecule has 0 amide bonds. The first-order chi connectivity index (χ1) is 11.1. The van der Waals surface area contributed by atoms with Crippen LogP contribution < -0.4 is 4.74 Å². The Morgan fingerprint density at radius 1 is 1.26 bits per heavy atom. The molecule has 0 saturated carbocycles. The molecule has 6 nitrogen and oxygen atoms in total. The Morgan fingerprint density at radius 3 is 2.70 bits per heavy atom. The molecule has 124 valence electrons. The molecule has 2 aromatic rings. The number of hydrogen-bond donors (Lipinski definition) is 0. The molecule has 2 heterocycles. The van der Waals surface area contributed by atoms with Gasteiger partial charge in [-0.25, -0.2) is 8.42 Å². The maximum atomic E-state index is 12.7. The number of methoxy groups -OCH3 is 1. The molecule has 0 aliphatic carbocycles. The lowest BCUT2D eigenvalue weighted by molar-refractivity contribution is 0.401. The van der Waals surface area contributed by atoms with Gasteiger partial charge in [0.2, 0.25) is 10.0 Å². The second-order valence-corrected chi connectivity index (χ2v) is 7.63. The minimum atomic E-state index is -3.54. The second-order valence-electron chi connectivity index (χ2n) is 5.69. The molecular weight excluding hydrogens is 316 g/mol. The number of ether oxygens (including phenoxy) is 1. The van der Waals surface area contributed by atoms with Crippen molar-refractivity contribution in [3.8, 4) is 5.75 Å². The van der Waals surface area contributed by atoms with E-state index in [0.717, 1.165) is 30.6 Å². The van der Waals surface area contributed by atoms with Gasteiger partial charge in [0.15, 0.2) is 0 Å². The summed E-state index contributed by atoms with van der Waals surface area (Å²) in [5.74, 6) is 0.981. The van der Waals surface area contributed by atoms with Crippen LogP contribution in [0.1, 0.15) is 30.7 Å². The third-order valence-electron chi connectivity index (χ3n) is 4.27. The highest BCUT2D eigenvalue weighted by molar-refractivity contribution is 7.89. The Kier molecular flexibility index (Phi) is 4.68. The fourth-order valence-electron chi connectivity index (χ4n) is 2.95. The number of hydrogen-bond acceptors (Lipinski definition) is 5. The van der Waals surface area contributed by atoms with E-state index in [4.69, 9.17) is 9.26 Å². The summed E-state index contributed by atoms with van der Waals surface area (Å²) in [5.41, 5.74) is 1.14. The van der Waals surface area contributed by atoms with Crippen LogP contribution in [-0.4, -0.2) is 38.1 Å². The summed E-state index contributed by atoms with van der Waals surface area (Å²) < 4.78 is 36.8. The van der Waals surface area contributed by atoms with E-state index in [9.17, 15) is 8.42 Å². The van der Waals surface area contributed by atoms with Crippen LogP contribution in [-0.2, 0) is 10.0 Å². The van der Waals surface area contributed by atoms with Gasteiger partial charge in [0, 0.05) is 13.1 Å². The van der Waals surface area contributed by atoms with Crippen LogP contribution in [0, 0.1) is 0 Å². The maximum absolute atomic E-state index is 12.7. The van der Waals surface area contributed by atoms with E-state index in [2.05, 4.69) is 5.16 Å². The van der Waals surface area contributed by atoms with E-state index in [0.29, 0.717) is 13.1 Å². The molecule has 0 radical (unpaired) electrons. The fraction of sp³-hybridized carbons (Fsp3) is 0.438. The third kappa shape index (κ3) is 3.40. The summed E-state index contributed by atoms with van der Waals surface area (Å²) in [6.45, 7) is 1.00. The first-order valence-electron chi connectivity index (χ1n) is 7.65. The van der Waals surface area contributed by atoms with E-state index in [-0.39, 0.29) is 10.8 Å². The van der Waals surface area contributed by atoms with E-state index in [1.54, 1.807) is 11.4 Å². The van der Waals surface area contributed by atoms with Crippen LogP contribution in [0.2, 0.25) is 0 Å². The molecule has 23 heavy (non-hydrogen) atoms. The largest absolute Gasteiger partial charge is 0.497 e. The Morgan fingerprint density at radius 2 is 2.04 bits per heavy atom. The van der Waals surface area contributed by atoms with Crippen molar-refractivity contribution >= 4 is 10.0 Å². The Hall–Kier alpha value is -1.86. The van der Waals surface area contributed by atoms with E-state index < -0.39 is 10.0 Å². The van der Waals surface area contributed by atoms with E-state index >= 15 is 0 Å². The first kappa shape index (κ1) is 16.0. The predicted molar refractivity (Wildman–Crippen MR) is 84.8 cm³/mol. The van der Waals surface area contributed by atoms with Gasteiger partial charge in [0.25, 0.3) is 0 Å². The zero-order valence-corrected chi connectivity index (χ0v) is 13.8. The lowest BCUT2D eigenvalue weighted by Crippen LogP contribution is -2.34. The van der Waals surface area contributed by atoms with Crippen molar-refractivity contribution in [2.75, 3.05) is 20.2 Å². The number of nitrogens with zero attached hydrogens (tertiary/aromatic N) is 2. The lowest BCUT2D eigenvalue weighted by atomic mass is 9.94. The maximum Gasteiger partial charge on any atom is 0.247 e. The predicted octanol–water partition coefficient (Wildman–Crippen LogP) is 2.64. The molecule has 1 aromatic carbocycles. The van der Waals surface area contributed by atoms with Gasteiger partial charge >= 0.3 is 0 Å². The summed E-state index contributed by atoms with van der Waals surface area (Å²) >= 11 is 0. The van der Waals surface area contributed by atoms with Crippen molar-refractivity contribution in [2.45, 2.75) is 30.1 Å². The summed E-state index contributed by atoms with van der Waals surface area (Å²) in [7, 11) is -1.91. The molecule has 1 unspecified atom stereocenters. The third-order valence-corrected chi connectivity index (χ3v) is 6.08. The molecule has 0 bridgehead atoms. The zero-order chi connectivity index (χ0) is 16.3. The molecule has 1 aliphatic rings. The minimum absolute atomic E-state index is 0.118. The molecule has 7 heteroatoms. The lowest BCUT2D eigenvalue weighted by Gasteiger charge is -2.23. The van der Waals surface area contributed by atoms with Crippen LogP contribution in [0.25, 0.3) is 0 Å². The molecule has 1 aliphatic heterocycles. The van der Waals surface area contributed by atoms with Crippen LogP contribution >= 0.6 is 0 Å². The quantitative estimate of drug-likeness (QED) is 0.858. The normalized spacial score (nSPS) is 20.1. The molecule has 0 N–H and O–H groups in total. The number of sulfonamides is 1. The standard InChI is InChI=1S/C16H20N2O4S/c1-21-15-7-5-13(6-8-15)14-4-2-3-9-18(11-14)23(19,20)16-10-17-22-12-16/h5-8,10,12,14H,2-4,9,11H2,1H3. The van der Waals surface area contributed by atoms with Crippen molar-refractivity contribution < 1.29 is 17.7 Å². The van der Waals surface area contributed by atoms with Gasteiger partial charge in [-0.05, 0) is 36.5 Å². The Bertz CT molecular complexity index is 726. The minimum Gasteiger partial charge on any atom is -0.497 e. The number of rotatable bonds is 4. The van der Waals surface area contributed by atoms with Crippen LogP contribution in [0.4, 0.5) is 0 Å². The van der Waals surface area contributed by atoms with Crippen molar-refractivity contribution in [3.63, 3.8) is 0 Å². The average molecular weight is 336 g/mol. The van der Waals surface area contributed by atoms with Gasteiger partial charge in [-0.1, -0.05) is 23.7 Å². The molecule has 1 atom stereocenters. The number of benzene rings is 1. The highest BCUT2D eigenvalue weighted by atomic mass is 32.2. The Labute approximate surface area is 136 Å². The zero-order valence-electron chi connectivity index (χ0n) is 13.0. The van der Waals surface area contributed by atoms with Crippen molar-refractivity contribution in [1.29, 1.82) is 0 Å². The second kappa shape index (κ2) is 6.72. The summed E-state index contributed by atoms with van der Waals surface area (Å²) in [6, 6.07) is 7.86. The summed E-state index contributed by atoms with van der Waals surface area (Å²) in [6.07, 6.45) is 5.27. The van der Waals surface area contributed by atoms with Crippen LogP contribution in [0.5, 0.6) is 5.75 Å². The summed E-state index contributed by atoms with van der Waals surface area (Å²) in [5, 5.41) is 3.51. The topological polar surface area (TPSA) is 72.6 Å². The van der Waals surface area contributed by atoms with E-state index in [1.807, 2.05) is 24.3 Å². The molecule has 3 rings (SSSR count). The Balaban J connectivity index is 1.83. The van der Waals surface area contributed by atoms with Gasteiger partial charge < -0.3 is 9.26 Å². The van der Waals surface area contributed by atoms with Gasteiger partial charge in [-0.15, -0.1) is 0 Å². The van der Waals surface area contributed by atoms with Gasteiger partial charge in [0.05, 0.1) is 13.3 Å². The molecule has 1 aromatic heterocycles. The van der Waals surface area contributed by atoms with Gasteiger partial charge in [-0.2, -0.15) is 4.31 Å². The molecule has 1 saturated heterocycles. The summed E-state index contributed by atoms with van der Waals surface area (Å²) in [4.78, 5) is 0.118. The van der Waals surface area contributed by atoms with Crippen molar-refractivity contribution in [1.82, 2.24) is 9.46 Å². The molecular formula is C16H20N2O4S. The van der Waals surface area contributed by atoms with Crippen molar-refractivity contribution in [2.24, 2.45) is 0 Å². The van der Waals surface area contributed by atoms with Crippen molar-refractivity contribution in [3.05, 3.63) is 42.3 Å². The van der Waals surface area contributed by atoms with Crippen LogP contribution in [0.15, 0.2) is 46.1 Å². The van der Waals surface area contributed by atoms with Crippen LogP contribution in [0.3, 0.4) is 0 Å². The van der Waals surface area contributed by atoms with E-state index in [1.165, 1.54) is 12.5 Å².